The molecule has 0 nitrogen and oxygen atoms in total. The van der Waals surface area contributed by atoms with Gasteiger partial charge in [-0.1, -0.05) is 0 Å². The first kappa shape index (κ1) is 39.0. The normalized spacial score (nSPS) is 17.8. The summed E-state index contributed by atoms with van der Waals surface area (Å²) in [5.41, 5.74) is 17.4. The summed E-state index contributed by atoms with van der Waals surface area (Å²) in [6.07, 6.45) is 3.79. The maximum absolute atomic E-state index is 2.62. The van der Waals surface area contributed by atoms with Crippen molar-refractivity contribution in [3.05, 3.63) is 150 Å². The number of halogens is 2. The molecule has 4 aliphatic rings. The van der Waals surface area contributed by atoms with Crippen LogP contribution in [0.2, 0.25) is 0 Å². The summed E-state index contributed by atoms with van der Waals surface area (Å²) in [5.74, 6) is 0.547. The molecular formula is C47H54Cl2Zr. The Bertz CT molecular complexity index is 1820. The van der Waals surface area contributed by atoms with E-state index in [0.717, 1.165) is 0 Å². The van der Waals surface area contributed by atoms with Gasteiger partial charge in [-0.15, -0.1) is 0 Å². The Morgan fingerprint density at radius 1 is 0.600 bits per heavy atom. The summed E-state index contributed by atoms with van der Waals surface area (Å²) in [6, 6.07) is 38.1. The minimum atomic E-state index is -1.20. The Kier molecular flexibility index (Phi) is 10.9. The molecule has 0 radical (unpaired) electrons. The van der Waals surface area contributed by atoms with Gasteiger partial charge in [0.15, 0.2) is 0 Å². The van der Waals surface area contributed by atoms with Gasteiger partial charge in [0, 0.05) is 0 Å². The molecule has 0 fully saturated rings. The molecule has 4 aromatic carbocycles. The quantitative estimate of drug-likeness (QED) is 0.193. The smallest absolute Gasteiger partial charge is 1.00 e. The monoisotopic (exact) mass is 778 g/mol. The van der Waals surface area contributed by atoms with Crippen LogP contribution in [-0.4, -0.2) is 0 Å². The van der Waals surface area contributed by atoms with Crippen LogP contribution in [0.5, 0.6) is 0 Å². The largest absolute Gasteiger partial charge is 1.00 e. The van der Waals surface area contributed by atoms with E-state index in [9.17, 15) is 0 Å². The number of allylic oxidation sites excluding steroid dienone is 4. The van der Waals surface area contributed by atoms with Crippen molar-refractivity contribution in [1.82, 2.24) is 0 Å². The van der Waals surface area contributed by atoms with Gasteiger partial charge < -0.3 is 24.8 Å². The first-order valence-electron chi connectivity index (χ1n) is 18.4. The molecule has 0 saturated heterocycles. The van der Waals surface area contributed by atoms with Crippen molar-refractivity contribution in [3.63, 3.8) is 0 Å². The minimum Gasteiger partial charge on any atom is -1.00 e. The minimum absolute atomic E-state index is 0. The van der Waals surface area contributed by atoms with Crippen molar-refractivity contribution in [2.45, 2.75) is 108 Å². The van der Waals surface area contributed by atoms with E-state index in [0.29, 0.717) is 9.54 Å². The summed E-state index contributed by atoms with van der Waals surface area (Å²) < 4.78 is 2.39. The second-order valence-corrected chi connectivity index (χ2v) is 21.1. The zero-order valence-corrected chi connectivity index (χ0v) is 35.7. The van der Waals surface area contributed by atoms with E-state index in [1.54, 1.807) is 27.8 Å². The molecule has 8 rings (SSSR count). The molecule has 260 valence electrons. The van der Waals surface area contributed by atoms with Gasteiger partial charge in [-0.25, -0.2) is 0 Å². The van der Waals surface area contributed by atoms with Crippen molar-refractivity contribution in [1.29, 1.82) is 0 Å². The fraction of sp³-hybridized carbons (Fsp3) is 0.404. The van der Waals surface area contributed by atoms with Crippen molar-refractivity contribution >= 4 is 0 Å². The van der Waals surface area contributed by atoms with Crippen LogP contribution < -0.4 is 24.8 Å². The number of hydrogen-bond acceptors (Lipinski definition) is 0. The average Bonchev–Trinajstić information content (AvgIpc) is 3.63. The van der Waals surface area contributed by atoms with E-state index in [1.807, 2.05) is 3.28 Å². The summed E-state index contributed by atoms with van der Waals surface area (Å²) >= 11 is -1.20. The third-order valence-electron chi connectivity index (χ3n) is 11.3. The summed E-state index contributed by atoms with van der Waals surface area (Å²) in [4.78, 5) is 0. The molecule has 2 bridgehead atoms. The van der Waals surface area contributed by atoms with E-state index in [4.69, 9.17) is 0 Å². The average molecular weight is 781 g/mol. The Labute approximate surface area is 327 Å². The molecule has 3 heteroatoms. The predicted molar refractivity (Wildman–Crippen MR) is 201 cm³/mol. The van der Waals surface area contributed by atoms with Gasteiger partial charge in [0.25, 0.3) is 0 Å². The summed E-state index contributed by atoms with van der Waals surface area (Å²) in [5, 5.41) is 0. The number of unbranched alkanes of at least 4 members (excludes halogenated alkanes) is 1. The Balaban J connectivity index is 0.00000243. The van der Waals surface area contributed by atoms with E-state index in [-0.39, 0.29) is 46.5 Å². The fourth-order valence-corrected chi connectivity index (χ4v) is 14.0. The topological polar surface area (TPSA) is 0 Å². The second kappa shape index (κ2) is 14.0. The van der Waals surface area contributed by atoms with Crippen LogP contribution in [0.1, 0.15) is 126 Å². The summed E-state index contributed by atoms with van der Waals surface area (Å²) in [7, 11) is 0. The molecule has 0 aliphatic heterocycles. The molecule has 0 amide bonds. The van der Waals surface area contributed by atoms with E-state index < -0.39 is 23.2 Å². The van der Waals surface area contributed by atoms with Crippen molar-refractivity contribution in [3.8, 4) is 11.1 Å². The van der Waals surface area contributed by atoms with Gasteiger partial charge in [0.1, 0.15) is 0 Å². The van der Waals surface area contributed by atoms with Crippen LogP contribution in [0, 0.1) is 11.3 Å². The molecule has 1 unspecified atom stereocenters. The van der Waals surface area contributed by atoms with Crippen LogP contribution in [0.25, 0.3) is 11.1 Å². The maximum atomic E-state index is 2.62. The number of benzene rings is 4. The van der Waals surface area contributed by atoms with Crippen molar-refractivity contribution < 1.29 is 48.0 Å². The number of rotatable bonds is 7. The van der Waals surface area contributed by atoms with E-state index in [2.05, 4.69) is 166 Å². The zero-order chi connectivity index (χ0) is 34.2. The SMILES string of the molecule is CCCCC1[C]([Zr+2][CH]2c3cc(C(C)(C)C)ccc3-c3ccc(C(C)(C)C)cc32)=C2C(C(C)(C)C)=C1C2(c1ccccc1)c1ccccc1.[Cl-].[Cl-]. The van der Waals surface area contributed by atoms with Gasteiger partial charge in [0.05, 0.1) is 0 Å². The molecule has 1 atom stereocenters. The van der Waals surface area contributed by atoms with Crippen LogP contribution in [0.3, 0.4) is 0 Å². The number of fused-ring (bicyclic) bond motifs is 4. The predicted octanol–water partition coefficient (Wildman–Crippen LogP) is 6.86. The van der Waals surface area contributed by atoms with Gasteiger partial charge in [0.2, 0.25) is 0 Å². The molecular weight excluding hydrogens is 727 g/mol. The van der Waals surface area contributed by atoms with Crippen LogP contribution in [0.15, 0.2) is 117 Å². The first-order chi connectivity index (χ1) is 22.7. The third-order valence-corrected chi connectivity index (χ3v) is 15.8. The fourth-order valence-electron chi connectivity index (χ4n) is 8.97. The van der Waals surface area contributed by atoms with Crippen LogP contribution in [-0.2, 0) is 39.5 Å². The van der Waals surface area contributed by atoms with E-state index >= 15 is 0 Å². The standard InChI is InChI=1S/C26H29.C21H25.2ClH.Zr/c1-5-6-13-19-18-22-24(25(2,3)4)23(19)26(22,20-14-9-7-10-15-20)21-16-11-8-12-17-21;1-20(2,3)16-7-9-18-14(12-16)11-15-13-17(21(4,5)6)8-10-19(15)18;;;/h7-12,14-17,19H,5-6,13H2,1-4H3;7-13H,1-6H3;2*1H;/q;;;;+2/p-2. The molecule has 0 saturated carbocycles. The van der Waals surface area contributed by atoms with Crippen LogP contribution >= 0.6 is 0 Å². The number of hydrogen-bond donors (Lipinski definition) is 0. The van der Waals surface area contributed by atoms with Crippen molar-refractivity contribution in [2.75, 3.05) is 0 Å². The Morgan fingerprint density at radius 2 is 1.06 bits per heavy atom. The van der Waals surface area contributed by atoms with Gasteiger partial charge in [-0.3, -0.25) is 0 Å². The molecule has 4 aliphatic carbocycles. The first-order valence-corrected chi connectivity index (χ1v) is 21.0. The molecule has 0 aromatic heterocycles. The maximum Gasteiger partial charge on any atom is -1.00 e. The van der Waals surface area contributed by atoms with Crippen LogP contribution in [0.4, 0.5) is 0 Å². The van der Waals surface area contributed by atoms with Gasteiger partial charge in [-0.2, -0.15) is 0 Å². The third kappa shape index (κ3) is 6.20. The molecule has 0 spiro atoms. The van der Waals surface area contributed by atoms with Gasteiger partial charge in [-0.05, 0) is 0 Å². The molecule has 0 heterocycles. The van der Waals surface area contributed by atoms with E-state index in [1.165, 1.54) is 52.6 Å². The Hall–Kier alpha value is -2.18. The molecule has 0 N–H and O–H groups in total. The van der Waals surface area contributed by atoms with Crippen molar-refractivity contribution in [2.24, 2.45) is 11.3 Å². The Morgan fingerprint density at radius 3 is 1.46 bits per heavy atom. The summed E-state index contributed by atoms with van der Waals surface area (Å²) in [6.45, 7) is 24.0. The second-order valence-electron chi connectivity index (χ2n) is 17.7. The molecule has 50 heavy (non-hydrogen) atoms. The molecule has 4 aromatic rings. The zero-order valence-electron chi connectivity index (χ0n) is 31.8. The van der Waals surface area contributed by atoms with Gasteiger partial charge >= 0.3 is 305 Å².